The van der Waals surface area contributed by atoms with Crippen LogP contribution in [0.15, 0.2) is 15.3 Å². The van der Waals surface area contributed by atoms with Crippen molar-refractivity contribution in [2.75, 3.05) is 0 Å². The van der Waals surface area contributed by atoms with E-state index in [1.54, 1.807) is 0 Å². The van der Waals surface area contributed by atoms with Crippen molar-refractivity contribution < 1.29 is 4.42 Å². The lowest BCUT2D eigenvalue weighted by atomic mass is 10.1. The Labute approximate surface area is 57.4 Å². The van der Waals surface area contributed by atoms with Gasteiger partial charge in [0.25, 0.3) is 0 Å². The Morgan fingerprint density at radius 1 is 1.60 bits per heavy atom. The molecule has 52 valence electrons. The first-order chi connectivity index (χ1) is 4.86. The van der Waals surface area contributed by atoms with Crippen LogP contribution in [0.3, 0.4) is 0 Å². The van der Waals surface area contributed by atoms with Gasteiger partial charge in [-0.25, -0.2) is 4.79 Å². The lowest BCUT2D eigenvalue weighted by molar-refractivity contribution is 0.505. The van der Waals surface area contributed by atoms with E-state index < -0.39 is 0 Å². The van der Waals surface area contributed by atoms with E-state index in [1.807, 2.05) is 12.2 Å². The molecule has 2 rings (SSSR count). The third-order valence-electron chi connectivity index (χ3n) is 1.58. The van der Waals surface area contributed by atoms with Crippen LogP contribution in [0.1, 0.15) is 17.9 Å². The van der Waals surface area contributed by atoms with Gasteiger partial charge in [-0.15, -0.1) is 0 Å². The summed E-state index contributed by atoms with van der Waals surface area (Å²) in [5.74, 6) is 0.341. The van der Waals surface area contributed by atoms with Gasteiger partial charge in [0.15, 0.2) is 5.76 Å². The maximum atomic E-state index is 10.6. The summed E-state index contributed by atoms with van der Waals surface area (Å²) in [6.07, 6.45) is 5.70. The minimum atomic E-state index is -0.350. The van der Waals surface area contributed by atoms with Gasteiger partial charge in [-0.1, -0.05) is 6.08 Å². The number of rotatable bonds is 0. The molecule has 1 aromatic heterocycles. The second-order valence-corrected chi connectivity index (χ2v) is 2.30. The highest BCUT2D eigenvalue weighted by atomic mass is 16.4. The van der Waals surface area contributed by atoms with E-state index in [9.17, 15) is 4.79 Å². The molecule has 0 spiro atoms. The van der Waals surface area contributed by atoms with E-state index in [0.29, 0.717) is 5.76 Å². The van der Waals surface area contributed by atoms with Crippen molar-refractivity contribution in [3.8, 4) is 0 Å². The second kappa shape index (κ2) is 1.87. The quantitative estimate of drug-likeness (QED) is 0.578. The van der Waals surface area contributed by atoms with Crippen molar-refractivity contribution in [2.24, 2.45) is 0 Å². The monoisotopic (exact) mass is 137 g/mol. The smallest absolute Gasteiger partial charge is 0.408 e. The first-order valence-electron chi connectivity index (χ1n) is 3.25. The molecule has 0 amide bonds. The normalized spacial score (nSPS) is 15.2. The summed E-state index contributed by atoms with van der Waals surface area (Å²) in [5, 5.41) is 0. The molecule has 10 heavy (non-hydrogen) atoms. The molecule has 0 aliphatic heterocycles. The zero-order valence-electron chi connectivity index (χ0n) is 5.39. The molecule has 3 nitrogen and oxygen atoms in total. The molecule has 1 aliphatic carbocycles. The van der Waals surface area contributed by atoms with Crippen molar-refractivity contribution in [1.82, 2.24) is 4.98 Å². The molecular formula is C7H7NO2. The van der Waals surface area contributed by atoms with Gasteiger partial charge in [0.2, 0.25) is 0 Å². The van der Waals surface area contributed by atoms with Crippen molar-refractivity contribution in [3.05, 3.63) is 28.1 Å². The molecule has 0 saturated carbocycles. The summed E-state index contributed by atoms with van der Waals surface area (Å²) in [7, 11) is 0. The van der Waals surface area contributed by atoms with E-state index in [2.05, 4.69) is 4.98 Å². The number of fused-ring (bicyclic) bond motifs is 1. The molecule has 0 aromatic carbocycles. The molecule has 1 heterocycles. The number of aromatic amines is 1. The molecule has 1 aromatic rings. The van der Waals surface area contributed by atoms with Crippen molar-refractivity contribution in [2.45, 2.75) is 12.8 Å². The maximum Gasteiger partial charge on any atom is 0.417 e. The third-order valence-corrected chi connectivity index (χ3v) is 1.58. The Morgan fingerprint density at radius 3 is 3.30 bits per heavy atom. The highest BCUT2D eigenvalue weighted by Crippen LogP contribution is 2.14. The van der Waals surface area contributed by atoms with Crippen molar-refractivity contribution in [1.29, 1.82) is 0 Å². The molecule has 3 heteroatoms. The van der Waals surface area contributed by atoms with E-state index >= 15 is 0 Å². The van der Waals surface area contributed by atoms with E-state index in [0.717, 1.165) is 18.5 Å². The molecule has 0 atom stereocenters. The predicted molar refractivity (Wildman–Crippen MR) is 36.7 cm³/mol. The van der Waals surface area contributed by atoms with Crippen molar-refractivity contribution in [3.63, 3.8) is 0 Å². The first kappa shape index (κ1) is 5.53. The number of aromatic nitrogens is 1. The molecular weight excluding hydrogens is 130 g/mol. The molecule has 1 N–H and O–H groups in total. The minimum Gasteiger partial charge on any atom is -0.408 e. The molecule has 1 aliphatic rings. The first-order valence-corrected chi connectivity index (χ1v) is 3.25. The summed E-state index contributed by atoms with van der Waals surface area (Å²) in [6, 6.07) is 0. The number of hydrogen-bond donors (Lipinski definition) is 1. The Balaban J connectivity index is 2.63. The van der Waals surface area contributed by atoms with Crippen LogP contribution in [-0.4, -0.2) is 4.98 Å². The summed E-state index contributed by atoms with van der Waals surface area (Å²) in [6.45, 7) is 0. The van der Waals surface area contributed by atoms with E-state index in [4.69, 9.17) is 4.42 Å². The van der Waals surface area contributed by atoms with Gasteiger partial charge >= 0.3 is 5.76 Å². The van der Waals surface area contributed by atoms with Crippen molar-refractivity contribution >= 4 is 6.08 Å². The van der Waals surface area contributed by atoms with Crippen LogP contribution in [0.4, 0.5) is 0 Å². The van der Waals surface area contributed by atoms with Crippen LogP contribution in [0.5, 0.6) is 0 Å². The molecule has 0 bridgehead atoms. The van der Waals surface area contributed by atoms with Crippen LogP contribution in [0, 0.1) is 0 Å². The van der Waals surface area contributed by atoms with E-state index in [-0.39, 0.29) is 5.76 Å². The Hall–Kier alpha value is -1.25. The second-order valence-electron chi connectivity index (χ2n) is 2.30. The standard InChI is InChI=1S/C7H7NO2/c9-7-8-5-3-1-2-4-6(5)10-7/h2,4H,1,3H2,(H,8,9). The fourth-order valence-electron chi connectivity index (χ4n) is 1.11. The number of nitrogens with one attached hydrogen (secondary N) is 1. The Morgan fingerprint density at radius 2 is 2.50 bits per heavy atom. The molecule has 0 unspecified atom stereocenters. The largest absolute Gasteiger partial charge is 0.417 e. The molecule has 0 fully saturated rings. The van der Waals surface area contributed by atoms with Crippen LogP contribution in [-0.2, 0) is 6.42 Å². The van der Waals surface area contributed by atoms with Gasteiger partial charge in [0, 0.05) is 0 Å². The minimum absolute atomic E-state index is 0.350. The van der Waals surface area contributed by atoms with Gasteiger partial charge in [0.1, 0.15) is 0 Å². The fraction of sp³-hybridized carbons (Fsp3) is 0.286. The highest BCUT2D eigenvalue weighted by molar-refractivity contribution is 5.47. The maximum absolute atomic E-state index is 10.6. The van der Waals surface area contributed by atoms with Crippen LogP contribution < -0.4 is 5.76 Å². The summed E-state index contributed by atoms with van der Waals surface area (Å²) >= 11 is 0. The lowest BCUT2D eigenvalue weighted by Crippen LogP contribution is -1.97. The summed E-state index contributed by atoms with van der Waals surface area (Å²) in [5.41, 5.74) is 0.924. The Bertz CT molecular complexity index is 319. The van der Waals surface area contributed by atoms with Gasteiger partial charge in [-0.2, -0.15) is 0 Å². The number of oxazole rings is 1. The average Bonchev–Trinajstić information content (AvgIpc) is 2.27. The highest BCUT2D eigenvalue weighted by Gasteiger charge is 2.08. The van der Waals surface area contributed by atoms with Gasteiger partial charge in [0.05, 0.1) is 5.69 Å². The van der Waals surface area contributed by atoms with Crippen LogP contribution in [0.25, 0.3) is 6.08 Å². The number of allylic oxidation sites excluding steroid dienone is 1. The summed E-state index contributed by atoms with van der Waals surface area (Å²) < 4.78 is 4.81. The molecule has 0 radical (unpaired) electrons. The summed E-state index contributed by atoms with van der Waals surface area (Å²) in [4.78, 5) is 13.2. The average molecular weight is 137 g/mol. The van der Waals surface area contributed by atoms with Gasteiger partial charge in [-0.05, 0) is 18.9 Å². The number of aryl methyl sites for hydroxylation is 1. The fourth-order valence-corrected chi connectivity index (χ4v) is 1.11. The van der Waals surface area contributed by atoms with Crippen LogP contribution in [0.2, 0.25) is 0 Å². The SMILES string of the molecule is O=c1[nH]c2c(o1)C=CCC2. The Kier molecular flexibility index (Phi) is 1.03. The predicted octanol–water partition coefficient (Wildman–Crippen LogP) is 0.927. The number of H-pyrrole nitrogens is 1. The van der Waals surface area contributed by atoms with Crippen LogP contribution >= 0.6 is 0 Å². The third kappa shape index (κ3) is 0.708. The van der Waals surface area contributed by atoms with E-state index in [1.165, 1.54) is 0 Å². The molecule has 0 saturated heterocycles. The van der Waals surface area contributed by atoms with Gasteiger partial charge < -0.3 is 4.42 Å². The zero-order valence-corrected chi connectivity index (χ0v) is 5.39. The van der Waals surface area contributed by atoms with Gasteiger partial charge in [-0.3, -0.25) is 4.98 Å². The topological polar surface area (TPSA) is 46.0 Å². The zero-order chi connectivity index (χ0) is 6.97. The lowest BCUT2D eigenvalue weighted by Gasteiger charge is -1.98. The number of hydrogen-bond acceptors (Lipinski definition) is 2.